The van der Waals surface area contributed by atoms with Crippen LogP contribution in [0.3, 0.4) is 0 Å². The minimum absolute atomic E-state index is 0.324. The van der Waals surface area contributed by atoms with Gasteiger partial charge in [-0.25, -0.2) is 10.9 Å². The zero-order valence-corrected chi connectivity index (χ0v) is 4.02. The molecule has 0 heterocycles. The Morgan fingerprint density at radius 3 is 2.14 bits per heavy atom. The normalized spacial score (nSPS) is 10.3. The maximum absolute atomic E-state index is 5.03. The van der Waals surface area contributed by atoms with E-state index in [-0.39, 0.29) is 0 Å². The Balaban J connectivity index is 2.68. The third-order valence-electron chi connectivity index (χ3n) is 0.371. The molecule has 0 saturated carbocycles. The first kappa shape index (κ1) is 6.80. The molecule has 0 radical (unpaired) electrons. The second-order valence-corrected chi connectivity index (χ2v) is 1.05. The molecule has 0 bridgehead atoms. The zero-order chi connectivity index (χ0) is 5.70. The molecule has 0 atom stereocenters. The van der Waals surface area contributed by atoms with Crippen molar-refractivity contribution in [3.8, 4) is 0 Å². The zero-order valence-electron chi connectivity index (χ0n) is 4.02. The molecule has 0 aromatic carbocycles. The van der Waals surface area contributed by atoms with E-state index < -0.39 is 6.29 Å². The molecule has 0 fully saturated rings. The van der Waals surface area contributed by atoms with Gasteiger partial charge in [-0.3, -0.25) is 0 Å². The molecule has 0 amide bonds. The molecule has 0 aliphatic rings. The number of hydrogen-bond donors (Lipinski definition) is 5. The van der Waals surface area contributed by atoms with Crippen molar-refractivity contribution in [2.24, 2.45) is 17.2 Å². The van der Waals surface area contributed by atoms with Crippen LogP contribution in [0.5, 0.6) is 0 Å². The average Bonchev–Trinajstić information content (AvgIpc) is 1.61. The lowest BCUT2D eigenvalue weighted by molar-refractivity contribution is 0.453. The summed E-state index contributed by atoms with van der Waals surface area (Å²) in [5.74, 6) is 0. The fourth-order valence-corrected chi connectivity index (χ4v) is 0.177. The lowest BCUT2D eigenvalue weighted by atomic mass is 11.0. The molecule has 0 aliphatic carbocycles. The third kappa shape index (κ3) is 5.80. The van der Waals surface area contributed by atoms with E-state index in [0.29, 0.717) is 6.67 Å². The lowest BCUT2D eigenvalue weighted by Gasteiger charge is -2.05. The summed E-state index contributed by atoms with van der Waals surface area (Å²) < 4.78 is 0. The van der Waals surface area contributed by atoms with Gasteiger partial charge in [0, 0.05) is 0 Å². The van der Waals surface area contributed by atoms with E-state index in [1.54, 1.807) is 0 Å². The Morgan fingerprint density at radius 1 is 1.43 bits per heavy atom. The molecular formula is C2H11N5. The topological polar surface area (TPSA) is 102 Å². The predicted molar refractivity (Wildman–Crippen MR) is 27.5 cm³/mol. The molecule has 0 aliphatic heterocycles. The maximum Gasteiger partial charge on any atom is 0.119 e. The van der Waals surface area contributed by atoms with Gasteiger partial charge < -0.3 is 17.2 Å². The maximum atomic E-state index is 5.03. The van der Waals surface area contributed by atoms with Crippen molar-refractivity contribution >= 4 is 0 Å². The van der Waals surface area contributed by atoms with Crippen LogP contribution in [0.1, 0.15) is 0 Å². The lowest BCUT2D eigenvalue weighted by Crippen LogP contribution is -2.53. The van der Waals surface area contributed by atoms with Gasteiger partial charge >= 0.3 is 0 Å². The molecule has 0 aromatic heterocycles. The van der Waals surface area contributed by atoms with E-state index in [1.165, 1.54) is 0 Å². The molecule has 0 unspecified atom stereocenters. The van der Waals surface area contributed by atoms with Gasteiger partial charge in [-0.1, -0.05) is 0 Å². The van der Waals surface area contributed by atoms with Crippen LogP contribution >= 0.6 is 0 Å². The van der Waals surface area contributed by atoms with Crippen molar-refractivity contribution in [3.63, 3.8) is 0 Å². The number of nitrogens with two attached hydrogens (primary N) is 3. The summed E-state index contributed by atoms with van der Waals surface area (Å²) >= 11 is 0. The van der Waals surface area contributed by atoms with Crippen LogP contribution in [0.25, 0.3) is 0 Å². The van der Waals surface area contributed by atoms with Gasteiger partial charge in [-0.15, -0.1) is 0 Å². The molecule has 44 valence electrons. The van der Waals surface area contributed by atoms with Gasteiger partial charge in [0.1, 0.15) is 6.29 Å². The van der Waals surface area contributed by atoms with E-state index in [2.05, 4.69) is 10.9 Å². The van der Waals surface area contributed by atoms with E-state index in [4.69, 9.17) is 17.2 Å². The summed E-state index contributed by atoms with van der Waals surface area (Å²) in [6.07, 6.45) is -0.538. The first-order valence-corrected chi connectivity index (χ1v) is 1.97. The smallest absolute Gasteiger partial charge is 0.119 e. The molecule has 0 aromatic rings. The average molecular weight is 105 g/mol. The van der Waals surface area contributed by atoms with Crippen molar-refractivity contribution in [2.45, 2.75) is 6.29 Å². The highest BCUT2D eigenvalue weighted by Gasteiger charge is 1.83. The number of rotatable bonds is 3. The highest BCUT2D eigenvalue weighted by molar-refractivity contribution is 4.37. The second kappa shape index (κ2) is 3.97. The van der Waals surface area contributed by atoms with Crippen LogP contribution in [-0.4, -0.2) is 13.0 Å². The van der Waals surface area contributed by atoms with Crippen LogP contribution < -0.4 is 28.1 Å². The Labute approximate surface area is 42.2 Å². The largest absolute Gasteiger partial charge is 0.317 e. The molecule has 7 heavy (non-hydrogen) atoms. The highest BCUT2D eigenvalue weighted by atomic mass is 15.4. The second-order valence-electron chi connectivity index (χ2n) is 1.05. The molecule has 0 spiro atoms. The quantitative estimate of drug-likeness (QED) is 0.197. The minimum Gasteiger partial charge on any atom is -0.317 e. The molecular weight excluding hydrogens is 94.1 g/mol. The monoisotopic (exact) mass is 105 g/mol. The minimum atomic E-state index is -0.538. The van der Waals surface area contributed by atoms with Crippen molar-refractivity contribution in [1.29, 1.82) is 0 Å². The molecule has 8 N–H and O–H groups in total. The number of hydrazine groups is 1. The predicted octanol–water partition coefficient (Wildman–Crippen LogP) is -2.80. The van der Waals surface area contributed by atoms with E-state index in [1.807, 2.05) is 0 Å². The summed E-state index contributed by atoms with van der Waals surface area (Å²) in [7, 11) is 0. The molecule has 0 saturated heterocycles. The number of hydrogen-bond acceptors (Lipinski definition) is 5. The van der Waals surface area contributed by atoms with Crippen LogP contribution in [0, 0.1) is 0 Å². The Kier molecular flexibility index (Phi) is 3.86. The van der Waals surface area contributed by atoms with Gasteiger partial charge in [0.05, 0.1) is 6.67 Å². The fraction of sp³-hybridized carbons (Fsp3) is 1.00. The summed E-state index contributed by atoms with van der Waals surface area (Å²) in [4.78, 5) is 0. The van der Waals surface area contributed by atoms with E-state index in [0.717, 1.165) is 0 Å². The van der Waals surface area contributed by atoms with Gasteiger partial charge in [0.2, 0.25) is 0 Å². The van der Waals surface area contributed by atoms with E-state index >= 15 is 0 Å². The van der Waals surface area contributed by atoms with Crippen LogP contribution in [0.4, 0.5) is 0 Å². The summed E-state index contributed by atoms with van der Waals surface area (Å²) in [5, 5.41) is 0. The fourth-order valence-electron chi connectivity index (χ4n) is 0.177. The summed E-state index contributed by atoms with van der Waals surface area (Å²) in [5.41, 5.74) is 20.0. The van der Waals surface area contributed by atoms with Gasteiger partial charge in [0.15, 0.2) is 0 Å². The molecule has 0 rings (SSSR count). The van der Waals surface area contributed by atoms with Crippen LogP contribution in [-0.2, 0) is 0 Å². The van der Waals surface area contributed by atoms with Gasteiger partial charge in [-0.05, 0) is 0 Å². The number of nitrogens with one attached hydrogen (secondary N) is 2. The molecule has 5 heteroatoms. The summed E-state index contributed by atoms with van der Waals surface area (Å²) in [6, 6.07) is 0. The standard InChI is InChI=1S/C2H11N5/c3-1-6-7-2(4)5/h2,6-7H,1,3-5H2. The van der Waals surface area contributed by atoms with Crippen LogP contribution in [0.15, 0.2) is 0 Å². The highest BCUT2D eigenvalue weighted by Crippen LogP contribution is 1.39. The molecule has 5 nitrogen and oxygen atoms in total. The van der Waals surface area contributed by atoms with Crippen molar-refractivity contribution < 1.29 is 0 Å². The van der Waals surface area contributed by atoms with Crippen molar-refractivity contribution in [3.05, 3.63) is 0 Å². The van der Waals surface area contributed by atoms with Crippen LogP contribution in [0.2, 0.25) is 0 Å². The third-order valence-corrected chi connectivity index (χ3v) is 0.371. The Bertz CT molecular complexity index is 35.1. The first-order valence-electron chi connectivity index (χ1n) is 1.97. The Morgan fingerprint density at radius 2 is 2.00 bits per heavy atom. The van der Waals surface area contributed by atoms with Gasteiger partial charge in [-0.2, -0.15) is 0 Å². The van der Waals surface area contributed by atoms with E-state index in [9.17, 15) is 0 Å². The van der Waals surface area contributed by atoms with Gasteiger partial charge in [0.25, 0.3) is 0 Å². The SMILES string of the molecule is NCNNC(N)N. The van der Waals surface area contributed by atoms with Crippen molar-refractivity contribution in [1.82, 2.24) is 10.9 Å². The van der Waals surface area contributed by atoms with Crippen molar-refractivity contribution in [2.75, 3.05) is 6.67 Å². The summed E-state index contributed by atoms with van der Waals surface area (Å²) in [6.45, 7) is 0.324. The Hall–Kier alpha value is -0.200. The first-order chi connectivity index (χ1) is 3.27.